The van der Waals surface area contributed by atoms with Gasteiger partial charge in [-0.25, -0.2) is 0 Å². The molecule has 0 heterocycles. The van der Waals surface area contributed by atoms with Gasteiger partial charge in [-0.1, -0.05) is 0 Å². The SMILES string of the molecule is C(=C\C[Te]c1ccccc1)/C[Te]c1ccccc1. The average molecular weight is 464 g/mol. The van der Waals surface area contributed by atoms with Gasteiger partial charge >= 0.3 is 131 Å². The third-order valence-corrected chi connectivity index (χ3v) is 7.85. The van der Waals surface area contributed by atoms with Crippen molar-refractivity contribution in [2.24, 2.45) is 0 Å². The van der Waals surface area contributed by atoms with E-state index in [1.165, 1.54) is 8.94 Å². The summed E-state index contributed by atoms with van der Waals surface area (Å²) in [4.78, 5) is 0. The molecule has 0 unspecified atom stereocenters. The zero-order valence-electron chi connectivity index (χ0n) is 10.2. The van der Waals surface area contributed by atoms with Gasteiger partial charge in [-0.15, -0.1) is 0 Å². The van der Waals surface area contributed by atoms with Gasteiger partial charge in [0.1, 0.15) is 0 Å². The third-order valence-electron chi connectivity index (χ3n) is 2.35. The van der Waals surface area contributed by atoms with Crippen LogP contribution in [0.1, 0.15) is 0 Å². The second-order valence-electron chi connectivity index (χ2n) is 3.72. The maximum atomic E-state index is 2.39. The van der Waals surface area contributed by atoms with Crippen LogP contribution in [0.4, 0.5) is 0 Å². The van der Waals surface area contributed by atoms with Crippen molar-refractivity contribution in [3.05, 3.63) is 72.8 Å². The van der Waals surface area contributed by atoms with Gasteiger partial charge in [0, 0.05) is 0 Å². The summed E-state index contributed by atoms with van der Waals surface area (Å²) in [5, 5.41) is 0. The zero-order valence-corrected chi connectivity index (χ0v) is 14.8. The Morgan fingerprint density at radius 3 is 1.39 bits per heavy atom. The normalized spacial score (nSPS) is 10.9. The second-order valence-corrected chi connectivity index (χ2v) is 9.96. The molecule has 2 aromatic rings. The van der Waals surface area contributed by atoms with E-state index in [1.54, 1.807) is 7.22 Å². The van der Waals surface area contributed by atoms with Crippen molar-refractivity contribution in [1.29, 1.82) is 0 Å². The standard InChI is InChI=1S/C16H16Te2/c1-3-9-15(10-4-1)17-13-7-8-14-18-16-11-5-2-6-12-16/h1-12H,13-14H2/b8-7+. The molecule has 2 heteroatoms. The van der Waals surface area contributed by atoms with Crippen LogP contribution in [-0.2, 0) is 0 Å². The fourth-order valence-electron chi connectivity index (χ4n) is 1.46. The summed E-state index contributed by atoms with van der Waals surface area (Å²) in [6.45, 7) is 0. The predicted molar refractivity (Wildman–Crippen MR) is 82.4 cm³/mol. The fourth-order valence-corrected chi connectivity index (χ4v) is 5.88. The van der Waals surface area contributed by atoms with E-state index in [4.69, 9.17) is 0 Å². The predicted octanol–water partition coefficient (Wildman–Crippen LogP) is 2.44. The number of rotatable bonds is 6. The molecule has 0 radical (unpaired) electrons. The monoisotopic (exact) mass is 468 g/mol. The van der Waals surface area contributed by atoms with Gasteiger partial charge in [0.15, 0.2) is 0 Å². The van der Waals surface area contributed by atoms with Crippen LogP contribution < -0.4 is 7.22 Å². The molecular formula is C16H16Te2. The molecule has 0 fully saturated rings. The van der Waals surface area contributed by atoms with Crippen LogP contribution in [0.3, 0.4) is 0 Å². The van der Waals surface area contributed by atoms with Crippen LogP contribution in [0.15, 0.2) is 72.8 Å². The first-order valence-electron chi connectivity index (χ1n) is 5.96. The van der Waals surface area contributed by atoms with Crippen LogP contribution in [-0.4, -0.2) is 41.8 Å². The summed E-state index contributed by atoms with van der Waals surface area (Å²) in [5.74, 6) is 0. The first kappa shape index (κ1) is 14.2. The Kier molecular flexibility index (Phi) is 6.92. The van der Waals surface area contributed by atoms with Gasteiger partial charge in [0.2, 0.25) is 0 Å². The van der Waals surface area contributed by atoms with Crippen LogP contribution in [0.25, 0.3) is 0 Å². The van der Waals surface area contributed by atoms with Crippen molar-refractivity contribution in [3.63, 3.8) is 0 Å². The molecular weight excluding hydrogens is 447 g/mol. The van der Waals surface area contributed by atoms with Crippen LogP contribution >= 0.6 is 0 Å². The Bertz CT molecular complexity index is 417. The van der Waals surface area contributed by atoms with E-state index in [0.29, 0.717) is 0 Å². The van der Waals surface area contributed by atoms with Gasteiger partial charge in [-0.2, -0.15) is 0 Å². The molecule has 0 N–H and O–H groups in total. The van der Waals surface area contributed by atoms with E-state index in [9.17, 15) is 0 Å². The third kappa shape index (κ3) is 5.60. The van der Waals surface area contributed by atoms with Crippen molar-refractivity contribution in [1.82, 2.24) is 0 Å². The molecule has 0 nitrogen and oxygen atoms in total. The van der Waals surface area contributed by atoms with Crippen LogP contribution in [0.2, 0.25) is 8.94 Å². The van der Waals surface area contributed by atoms with Crippen molar-refractivity contribution < 1.29 is 0 Å². The molecule has 2 aromatic carbocycles. The van der Waals surface area contributed by atoms with E-state index in [-0.39, 0.29) is 41.8 Å². The molecule has 92 valence electrons. The first-order chi connectivity index (χ1) is 8.95. The number of hydrogen-bond acceptors (Lipinski definition) is 0. The van der Waals surface area contributed by atoms with E-state index in [1.807, 2.05) is 0 Å². The molecule has 0 saturated carbocycles. The van der Waals surface area contributed by atoms with Gasteiger partial charge in [0.25, 0.3) is 0 Å². The summed E-state index contributed by atoms with van der Waals surface area (Å²) in [7, 11) is 0. The summed E-state index contributed by atoms with van der Waals surface area (Å²) >= 11 is 0.00842. The fraction of sp³-hybridized carbons (Fsp3) is 0.125. The summed E-state index contributed by atoms with van der Waals surface area (Å²) in [6.07, 6.45) is 4.78. The second kappa shape index (κ2) is 8.79. The Morgan fingerprint density at radius 1 is 0.611 bits per heavy atom. The van der Waals surface area contributed by atoms with E-state index < -0.39 is 0 Å². The molecule has 0 aliphatic rings. The Hall–Kier alpha value is -0.241. The van der Waals surface area contributed by atoms with Gasteiger partial charge in [0.05, 0.1) is 0 Å². The first-order valence-corrected chi connectivity index (χ1v) is 11.6. The van der Waals surface area contributed by atoms with Crippen molar-refractivity contribution in [2.45, 2.75) is 8.94 Å². The molecule has 0 saturated heterocycles. The minimum absolute atomic E-state index is 0.00421. The molecule has 0 atom stereocenters. The Morgan fingerprint density at radius 2 is 1.00 bits per heavy atom. The van der Waals surface area contributed by atoms with E-state index in [2.05, 4.69) is 72.8 Å². The summed E-state index contributed by atoms with van der Waals surface area (Å²) < 4.78 is 5.70. The zero-order chi connectivity index (χ0) is 12.5. The average Bonchev–Trinajstić information content (AvgIpc) is 2.45. The quantitative estimate of drug-likeness (QED) is 0.456. The molecule has 0 aliphatic carbocycles. The van der Waals surface area contributed by atoms with Gasteiger partial charge in [-0.3, -0.25) is 0 Å². The minimum atomic E-state index is 0.00421. The van der Waals surface area contributed by atoms with E-state index >= 15 is 0 Å². The van der Waals surface area contributed by atoms with Crippen molar-refractivity contribution in [3.8, 4) is 0 Å². The van der Waals surface area contributed by atoms with Crippen LogP contribution in [0.5, 0.6) is 0 Å². The Balaban J connectivity index is 1.64. The molecule has 0 aromatic heterocycles. The molecule has 0 aliphatic heterocycles. The molecule has 0 amide bonds. The number of allylic oxidation sites excluding steroid dienone is 2. The maximum absolute atomic E-state index is 2.39. The summed E-state index contributed by atoms with van der Waals surface area (Å²) in [6, 6.07) is 21.8. The molecule has 0 spiro atoms. The Labute approximate surface area is 130 Å². The van der Waals surface area contributed by atoms with Gasteiger partial charge < -0.3 is 0 Å². The van der Waals surface area contributed by atoms with Crippen LogP contribution in [0, 0.1) is 0 Å². The summed E-state index contributed by atoms with van der Waals surface area (Å²) in [5.41, 5.74) is 0. The molecule has 18 heavy (non-hydrogen) atoms. The molecule has 2 rings (SSSR count). The van der Waals surface area contributed by atoms with E-state index in [0.717, 1.165) is 0 Å². The molecule has 0 bridgehead atoms. The van der Waals surface area contributed by atoms with Crippen molar-refractivity contribution in [2.75, 3.05) is 0 Å². The number of benzene rings is 2. The van der Waals surface area contributed by atoms with Gasteiger partial charge in [-0.05, 0) is 0 Å². The number of hydrogen-bond donors (Lipinski definition) is 0. The van der Waals surface area contributed by atoms with Crippen molar-refractivity contribution >= 4 is 49.1 Å². The topological polar surface area (TPSA) is 0 Å².